The number of nitrogens with zero attached hydrogens (tertiary/aromatic N) is 5. The molecule has 1 aromatic heterocycles. The van der Waals surface area contributed by atoms with Crippen LogP contribution in [0.25, 0.3) is 11.0 Å². The van der Waals surface area contributed by atoms with Crippen molar-refractivity contribution in [3.05, 3.63) is 69.1 Å². The summed E-state index contributed by atoms with van der Waals surface area (Å²) in [7, 11) is -2.12. The summed E-state index contributed by atoms with van der Waals surface area (Å²) < 4.78 is 30.1. The molecule has 0 saturated carbocycles. The zero-order valence-electron chi connectivity index (χ0n) is 18.0. The van der Waals surface area contributed by atoms with Gasteiger partial charge >= 0.3 is 5.69 Å². The Hall–Kier alpha value is -3.51. The van der Waals surface area contributed by atoms with Crippen LogP contribution in [0.3, 0.4) is 0 Å². The number of imidazole rings is 1. The lowest BCUT2D eigenvalue weighted by atomic mass is 10.3. The first-order valence-electron chi connectivity index (χ1n) is 10.4. The van der Waals surface area contributed by atoms with E-state index in [0.717, 1.165) is 23.2 Å². The number of carbonyl (C=O) groups excluding carboxylic acids is 1. The quantitative estimate of drug-likeness (QED) is 0.391. The van der Waals surface area contributed by atoms with E-state index in [9.17, 15) is 28.1 Å². The Morgan fingerprint density at radius 3 is 2.21 bits per heavy atom. The highest BCUT2D eigenvalue weighted by atomic mass is 32.2. The molecule has 2 aromatic carbocycles. The second kappa shape index (κ2) is 8.79. The number of aromatic nitrogens is 2. The van der Waals surface area contributed by atoms with E-state index in [-0.39, 0.29) is 61.3 Å². The van der Waals surface area contributed by atoms with Crippen LogP contribution in [-0.4, -0.2) is 63.8 Å². The third kappa shape index (κ3) is 4.26. The first-order chi connectivity index (χ1) is 15.7. The van der Waals surface area contributed by atoms with E-state index < -0.39 is 14.9 Å². The van der Waals surface area contributed by atoms with Crippen LogP contribution in [0.2, 0.25) is 0 Å². The maximum Gasteiger partial charge on any atom is 0.328 e. The van der Waals surface area contributed by atoms with E-state index in [1.807, 2.05) is 24.3 Å². The molecule has 12 heteroatoms. The minimum Gasteiger partial charge on any atom is -0.340 e. The third-order valence-electron chi connectivity index (χ3n) is 5.88. The summed E-state index contributed by atoms with van der Waals surface area (Å²) in [6.07, 6.45) is 0.128. The summed E-state index contributed by atoms with van der Waals surface area (Å²) in [5.74, 6) is -0.151. The number of benzene rings is 2. The Kier molecular flexibility index (Phi) is 6.04. The summed E-state index contributed by atoms with van der Waals surface area (Å²) in [5, 5.41) is 10.8. The number of nitro groups is 1. The Balaban J connectivity index is 1.38. The summed E-state index contributed by atoms with van der Waals surface area (Å²) in [6, 6.07) is 12.1. The number of aryl methyl sites for hydroxylation is 2. The molecule has 0 unspecified atom stereocenters. The van der Waals surface area contributed by atoms with Gasteiger partial charge in [0, 0.05) is 58.3 Å². The number of nitro benzene ring substituents is 1. The zero-order valence-corrected chi connectivity index (χ0v) is 18.8. The largest absolute Gasteiger partial charge is 0.340 e. The molecule has 33 heavy (non-hydrogen) atoms. The number of hydrogen-bond acceptors (Lipinski definition) is 6. The molecular formula is C21H23N5O6S. The normalized spacial score (nSPS) is 15.1. The van der Waals surface area contributed by atoms with Gasteiger partial charge in [-0.1, -0.05) is 12.1 Å². The average Bonchev–Trinajstić information content (AvgIpc) is 3.07. The number of amides is 1. The molecule has 1 aliphatic rings. The maximum absolute atomic E-state index is 12.8. The van der Waals surface area contributed by atoms with Crippen molar-refractivity contribution in [2.45, 2.75) is 17.9 Å². The average molecular weight is 474 g/mol. The van der Waals surface area contributed by atoms with Crippen molar-refractivity contribution in [3.8, 4) is 0 Å². The van der Waals surface area contributed by atoms with Crippen LogP contribution in [0.1, 0.15) is 6.42 Å². The number of carbonyl (C=O) groups is 1. The van der Waals surface area contributed by atoms with Gasteiger partial charge in [0.15, 0.2) is 0 Å². The summed E-state index contributed by atoms with van der Waals surface area (Å²) in [4.78, 5) is 37.0. The first-order valence-corrected chi connectivity index (χ1v) is 11.8. The lowest BCUT2D eigenvalue weighted by Crippen LogP contribution is -2.50. The minimum absolute atomic E-state index is 0.0248. The lowest BCUT2D eigenvalue weighted by Gasteiger charge is -2.34. The Labute approximate surface area is 189 Å². The Morgan fingerprint density at radius 1 is 1.00 bits per heavy atom. The number of non-ortho nitro benzene ring substituents is 1. The predicted molar refractivity (Wildman–Crippen MR) is 120 cm³/mol. The SMILES string of the molecule is Cn1c(=O)n(CCC(=O)N2CCN(S(=O)(=O)c3ccc([N+](=O)[O-])cc3)CC2)c2ccccc21. The lowest BCUT2D eigenvalue weighted by molar-refractivity contribution is -0.384. The highest BCUT2D eigenvalue weighted by Crippen LogP contribution is 2.21. The van der Waals surface area contributed by atoms with E-state index in [1.165, 1.54) is 16.4 Å². The fourth-order valence-electron chi connectivity index (χ4n) is 4.01. The fraction of sp³-hybridized carbons (Fsp3) is 0.333. The molecule has 1 saturated heterocycles. The number of hydrogen-bond donors (Lipinski definition) is 0. The van der Waals surface area contributed by atoms with Crippen LogP contribution in [0.4, 0.5) is 5.69 Å². The van der Waals surface area contributed by atoms with Gasteiger partial charge in [0.25, 0.3) is 5.69 Å². The fourth-order valence-corrected chi connectivity index (χ4v) is 5.43. The molecule has 0 atom stereocenters. The Bertz CT molecular complexity index is 1370. The molecule has 0 bridgehead atoms. The maximum atomic E-state index is 12.8. The van der Waals surface area contributed by atoms with Crippen molar-refractivity contribution in [1.82, 2.24) is 18.3 Å². The predicted octanol–water partition coefficient (Wildman–Crippen LogP) is 1.17. The summed E-state index contributed by atoms with van der Waals surface area (Å²) in [5.41, 5.74) is 1.18. The van der Waals surface area contributed by atoms with Crippen molar-refractivity contribution in [2.75, 3.05) is 26.2 Å². The molecule has 0 aliphatic carbocycles. The van der Waals surface area contributed by atoms with Crippen molar-refractivity contribution in [2.24, 2.45) is 7.05 Å². The van der Waals surface area contributed by atoms with Crippen molar-refractivity contribution in [3.63, 3.8) is 0 Å². The third-order valence-corrected chi connectivity index (χ3v) is 7.79. The molecule has 174 valence electrons. The minimum atomic E-state index is -3.81. The van der Waals surface area contributed by atoms with E-state index in [4.69, 9.17) is 0 Å². The van der Waals surface area contributed by atoms with Gasteiger partial charge in [-0.05, 0) is 24.3 Å². The van der Waals surface area contributed by atoms with Gasteiger partial charge in [-0.25, -0.2) is 13.2 Å². The number of piperazine rings is 1. The van der Waals surface area contributed by atoms with E-state index >= 15 is 0 Å². The van der Waals surface area contributed by atoms with E-state index in [0.29, 0.717) is 0 Å². The molecule has 2 heterocycles. The number of fused-ring (bicyclic) bond motifs is 1. The standard InChI is InChI=1S/C21H23N5O6S/c1-22-18-4-2-3-5-19(18)25(21(22)28)11-10-20(27)23-12-14-24(15-13-23)33(31,32)17-8-6-16(7-9-17)26(29)30/h2-9H,10-15H2,1H3. The smallest absolute Gasteiger partial charge is 0.328 e. The molecule has 1 fully saturated rings. The molecule has 3 aromatic rings. The van der Waals surface area contributed by atoms with Gasteiger partial charge in [0.1, 0.15) is 0 Å². The second-order valence-electron chi connectivity index (χ2n) is 7.77. The van der Waals surface area contributed by atoms with Crippen molar-refractivity contribution in [1.29, 1.82) is 0 Å². The van der Waals surface area contributed by atoms with Gasteiger partial charge < -0.3 is 4.90 Å². The topological polar surface area (TPSA) is 128 Å². The van der Waals surface area contributed by atoms with Crippen molar-refractivity contribution >= 4 is 32.7 Å². The molecule has 0 spiro atoms. The highest BCUT2D eigenvalue weighted by Gasteiger charge is 2.30. The van der Waals surface area contributed by atoms with Crippen LogP contribution in [0.15, 0.2) is 58.2 Å². The molecule has 0 N–H and O–H groups in total. The van der Waals surface area contributed by atoms with Gasteiger partial charge in [0.05, 0.1) is 20.9 Å². The van der Waals surface area contributed by atoms with Crippen LogP contribution in [0.5, 0.6) is 0 Å². The number of rotatable bonds is 6. The Morgan fingerprint density at radius 2 is 1.61 bits per heavy atom. The van der Waals surface area contributed by atoms with Crippen LogP contribution in [0, 0.1) is 10.1 Å². The van der Waals surface area contributed by atoms with E-state index in [1.54, 1.807) is 21.1 Å². The summed E-state index contributed by atoms with van der Waals surface area (Å²) >= 11 is 0. The molecule has 1 amide bonds. The monoisotopic (exact) mass is 473 g/mol. The molecular weight excluding hydrogens is 450 g/mol. The molecule has 0 radical (unpaired) electrons. The zero-order chi connectivity index (χ0) is 23.8. The first kappa shape index (κ1) is 22.7. The molecule has 1 aliphatic heterocycles. The van der Waals surface area contributed by atoms with Crippen LogP contribution >= 0.6 is 0 Å². The van der Waals surface area contributed by atoms with Gasteiger partial charge in [-0.2, -0.15) is 4.31 Å². The van der Waals surface area contributed by atoms with E-state index in [2.05, 4.69) is 0 Å². The van der Waals surface area contributed by atoms with Gasteiger partial charge in [0.2, 0.25) is 15.9 Å². The van der Waals surface area contributed by atoms with Crippen LogP contribution in [-0.2, 0) is 28.4 Å². The number of sulfonamides is 1. The summed E-state index contributed by atoms with van der Waals surface area (Å²) in [6.45, 7) is 0.948. The van der Waals surface area contributed by atoms with Gasteiger partial charge in [-0.15, -0.1) is 0 Å². The highest BCUT2D eigenvalue weighted by molar-refractivity contribution is 7.89. The second-order valence-corrected chi connectivity index (χ2v) is 9.71. The molecule has 11 nitrogen and oxygen atoms in total. The van der Waals surface area contributed by atoms with Crippen LogP contribution < -0.4 is 5.69 Å². The molecule has 4 rings (SSSR count). The number of para-hydroxylation sites is 2. The van der Waals surface area contributed by atoms with Crippen molar-refractivity contribution < 1.29 is 18.1 Å². The van der Waals surface area contributed by atoms with Gasteiger partial charge in [-0.3, -0.25) is 24.0 Å².